The molecule has 20 heavy (non-hydrogen) atoms. The average molecular weight is 278 g/mol. The number of hydrogen-bond donors (Lipinski definition) is 1. The average Bonchev–Trinajstić information content (AvgIpc) is 2.94. The second kappa shape index (κ2) is 6.47. The summed E-state index contributed by atoms with van der Waals surface area (Å²) >= 11 is 0. The lowest BCUT2D eigenvalue weighted by atomic mass is 10.1. The van der Waals surface area contributed by atoms with Crippen LogP contribution in [0.15, 0.2) is 24.3 Å². The summed E-state index contributed by atoms with van der Waals surface area (Å²) in [5.74, 6) is 0.240. The number of aryl methyl sites for hydroxylation is 1. The first-order valence-corrected chi connectivity index (χ1v) is 6.72. The molecule has 2 rings (SSSR count). The minimum Gasteiger partial charge on any atom is -0.396 e. The predicted octanol–water partition coefficient (Wildman–Crippen LogP) is 1.37. The maximum atomic E-state index is 12.0. The minimum atomic E-state index is -0.433. The van der Waals surface area contributed by atoms with E-state index in [2.05, 4.69) is 0 Å². The van der Waals surface area contributed by atoms with Crippen molar-refractivity contribution in [3.8, 4) is 0 Å². The van der Waals surface area contributed by atoms with Crippen LogP contribution >= 0.6 is 0 Å². The van der Waals surface area contributed by atoms with E-state index in [-0.39, 0.29) is 24.1 Å². The second-order valence-corrected chi connectivity index (χ2v) is 5.10. The molecule has 1 heterocycles. The number of nitro benzene ring substituents is 1. The predicted molar refractivity (Wildman–Crippen MR) is 73.2 cm³/mol. The van der Waals surface area contributed by atoms with Crippen LogP contribution in [0.4, 0.5) is 5.69 Å². The Bertz CT molecular complexity index is 504. The van der Waals surface area contributed by atoms with Crippen LogP contribution in [0, 0.1) is 16.0 Å². The molecule has 0 saturated carbocycles. The number of nitrogens with zero attached hydrogens (tertiary/aromatic N) is 2. The lowest BCUT2D eigenvalue weighted by molar-refractivity contribution is -0.384. The van der Waals surface area contributed by atoms with Crippen molar-refractivity contribution < 1.29 is 14.8 Å². The van der Waals surface area contributed by atoms with Gasteiger partial charge in [0.05, 0.1) is 4.92 Å². The second-order valence-electron chi connectivity index (χ2n) is 5.10. The van der Waals surface area contributed by atoms with Crippen LogP contribution < -0.4 is 0 Å². The molecule has 1 aliphatic rings. The molecule has 1 aromatic carbocycles. The van der Waals surface area contributed by atoms with Gasteiger partial charge in [-0.25, -0.2) is 0 Å². The van der Waals surface area contributed by atoms with Gasteiger partial charge in [-0.15, -0.1) is 0 Å². The number of aliphatic hydroxyl groups excluding tert-OH is 1. The Labute approximate surface area is 117 Å². The Morgan fingerprint density at radius 2 is 2.30 bits per heavy atom. The van der Waals surface area contributed by atoms with E-state index in [1.165, 1.54) is 12.1 Å². The third-order valence-electron chi connectivity index (χ3n) is 3.65. The summed E-state index contributed by atoms with van der Waals surface area (Å²) in [6.07, 6.45) is 1.69. The lowest BCUT2D eigenvalue weighted by Crippen LogP contribution is -2.29. The summed E-state index contributed by atoms with van der Waals surface area (Å²) in [6.45, 7) is 1.43. The van der Waals surface area contributed by atoms with Gasteiger partial charge in [-0.1, -0.05) is 12.1 Å². The number of carbonyl (C=O) groups excluding carboxylic acids is 1. The summed E-state index contributed by atoms with van der Waals surface area (Å²) in [5, 5.41) is 19.7. The maximum Gasteiger partial charge on any atom is 0.269 e. The van der Waals surface area contributed by atoms with Crippen molar-refractivity contribution >= 4 is 11.6 Å². The van der Waals surface area contributed by atoms with Crippen molar-refractivity contribution in [3.63, 3.8) is 0 Å². The number of carbonyl (C=O) groups is 1. The lowest BCUT2D eigenvalue weighted by Gasteiger charge is -2.16. The number of likely N-dealkylation sites (tertiary alicyclic amines) is 1. The fourth-order valence-corrected chi connectivity index (χ4v) is 2.44. The van der Waals surface area contributed by atoms with Crippen molar-refractivity contribution in [2.24, 2.45) is 5.92 Å². The topological polar surface area (TPSA) is 83.7 Å². The van der Waals surface area contributed by atoms with Crippen LogP contribution in [0.2, 0.25) is 0 Å². The van der Waals surface area contributed by atoms with E-state index < -0.39 is 4.92 Å². The molecular formula is C14H18N2O4. The highest BCUT2D eigenvalue weighted by molar-refractivity contribution is 5.76. The number of benzene rings is 1. The smallest absolute Gasteiger partial charge is 0.269 e. The summed E-state index contributed by atoms with van der Waals surface area (Å²) in [7, 11) is 0. The van der Waals surface area contributed by atoms with Gasteiger partial charge in [-0.05, 0) is 18.4 Å². The highest BCUT2D eigenvalue weighted by Gasteiger charge is 2.25. The molecule has 6 nitrogen and oxygen atoms in total. The van der Waals surface area contributed by atoms with Gasteiger partial charge in [-0.3, -0.25) is 14.9 Å². The molecule has 1 aromatic rings. The molecule has 6 heteroatoms. The Hall–Kier alpha value is -1.95. The van der Waals surface area contributed by atoms with Gasteiger partial charge >= 0.3 is 0 Å². The molecule has 0 aliphatic carbocycles. The van der Waals surface area contributed by atoms with Gasteiger partial charge in [0.1, 0.15) is 0 Å². The number of amides is 1. The van der Waals surface area contributed by atoms with Crippen molar-refractivity contribution in [2.45, 2.75) is 19.3 Å². The molecule has 0 unspecified atom stereocenters. The molecule has 0 spiro atoms. The monoisotopic (exact) mass is 278 g/mol. The zero-order chi connectivity index (χ0) is 14.5. The number of rotatable bonds is 5. The Morgan fingerprint density at radius 3 is 2.95 bits per heavy atom. The molecule has 1 N–H and O–H groups in total. The zero-order valence-corrected chi connectivity index (χ0v) is 11.2. The quantitative estimate of drug-likeness (QED) is 0.651. The van der Waals surface area contributed by atoms with E-state index >= 15 is 0 Å². The number of non-ortho nitro benzene ring substituents is 1. The van der Waals surface area contributed by atoms with E-state index in [4.69, 9.17) is 5.11 Å². The van der Waals surface area contributed by atoms with Crippen molar-refractivity contribution in [3.05, 3.63) is 39.9 Å². The first-order chi connectivity index (χ1) is 9.60. The number of hydrogen-bond acceptors (Lipinski definition) is 4. The van der Waals surface area contributed by atoms with Crippen LogP contribution in [-0.4, -0.2) is 40.5 Å². The van der Waals surface area contributed by atoms with Gasteiger partial charge in [0.25, 0.3) is 5.69 Å². The molecular weight excluding hydrogens is 260 g/mol. The largest absolute Gasteiger partial charge is 0.396 e. The van der Waals surface area contributed by atoms with E-state index in [0.29, 0.717) is 25.9 Å². The summed E-state index contributed by atoms with van der Waals surface area (Å²) in [5.41, 5.74) is 0.849. The van der Waals surface area contributed by atoms with Gasteiger partial charge in [-0.2, -0.15) is 0 Å². The zero-order valence-electron chi connectivity index (χ0n) is 11.2. The summed E-state index contributed by atoms with van der Waals surface area (Å²) in [4.78, 5) is 24.0. The van der Waals surface area contributed by atoms with Crippen LogP contribution in [0.1, 0.15) is 18.4 Å². The van der Waals surface area contributed by atoms with Crippen molar-refractivity contribution in [1.82, 2.24) is 4.90 Å². The van der Waals surface area contributed by atoms with Gasteiger partial charge in [0.15, 0.2) is 0 Å². The van der Waals surface area contributed by atoms with Crippen LogP contribution in [-0.2, 0) is 11.2 Å². The number of aliphatic hydroxyl groups is 1. The third kappa shape index (κ3) is 3.54. The standard InChI is InChI=1S/C14H18N2O4/c17-10-12-6-7-15(9-12)14(18)5-4-11-2-1-3-13(8-11)16(19)20/h1-3,8,12,17H,4-7,9-10H2/t12-/m1/s1. The van der Waals surface area contributed by atoms with Crippen molar-refractivity contribution in [1.29, 1.82) is 0 Å². The molecule has 1 fully saturated rings. The third-order valence-corrected chi connectivity index (χ3v) is 3.65. The van der Waals surface area contributed by atoms with Gasteiger partial charge < -0.3 is 10.0 Å². The molecule has 108 valence electrons. The number of nitro groups is 1. The molecule has 0 aromatic heterocycles. The fraction of sp³-hybridized carbons (Fsp3) is 0.500. The Balaban J connectivity index is 1.87. The molecule has 1 saturated heterocycles. The molecule has 0 bridgehead atoms. The fourth-order valence-electron chi connectivity index (χ4n) is 2.44. The molecule has 1 aliphatic heterocycles. The van der Waals surface area contributed by atoms with E-state index in [1.54, 1.807) is 17.0 Å². The highest BCUT2D eigenvalue weighted by Crippen LogP contribution is 2.18. The summed E-state index contributed by atoms with van der Waals surface area (Å²) < 4.78 is 0. The van der Waals surface area contributed by atoms with Gasteiger partial charge in [0, 0.05) is 44.2 Å². The van der Waals surface area contributed by atoms with Crippen LogP contribution in [0.25, 0.3) is 0 Å². The summed E-state index contributed by atoms with van der Waals surface area (Å²) in [6, 6.07) is 6.38. The first kappa shape index (κ1) is 14.5. The molecule has 1 amide bonds. The molecule has 1 atom stereocenters. The SMILES string of the molecule is O=C(CCc1cccc([N+](=O)[O-])c1)N1CC[C@@H](CO)C1. The molecule has 0 radical (unpaired) electrons. The Morgan fingerprint density at radius 1 is 1.50 bits per heavy atom. The first-order valence-electron chi connectivity index (χ1n) is 6.72. The minimum absolute atomic E-state index is 0.0486. The van der Waals surface area contributed by atoms with E-state index in [0.717, 1.165) is 12.0 Å². The van der Waals surface area contributed by atoms with E-state index in [1.807, 2.05) is 0 Å². The van der Waals surface area contributed by atoms with Crippen molar-refractivity contribution in [2.75, 3.05) is 19.7 Å². The van der Waals surface area contributed by atoms with E-state index in [9.17, 15) is 14.9 Å². The highest BCUT2D eigenvalue weighted by atomic mass is 16.6. The van der Waals surface area contributed by atoms with Gasteiger partial charge in [0.2, 0.25) is 5.91 Å². The Kier molecular flexibility index (Phi) is 4.68. The van der Waals surface area contributed by atoms with Crippen LogP contribution in [0.5, 0.6) is 0 Å². The maximum absolute atomic E-state index is 12.0. The van der Waals surface area contributed by atoms with Crippen LogP contribution in [0.3, 0.4) is 0 Å². The normalized spacial score (nSPS) is 18.2.